The predicted molar refractivity (Wildman–Crippen MR) is 146 cm³/mol. The minimum atomic E-state index is -4.51. The van der Waals surface area contributed by atoms with Crippen LogP contribution in [-0.4, -0.2) is 61.1 Å². The van der Waals surface area contributed by atoms with Crippen LogP contribution in [0.5, 0.6) is 0 Å². The minimum Gasteiger partial charge on any atom is -0.456 e. The number of likely N-dealkylation sites (N-methyl/N-ethyl adjacent to an activating group) is 1. The first kappa shape index (κ1) is 30.4. The normalized spacial score (nSPS) is 14.5. The molecule has 0 fully saturated rings. The molecule has 1 aliphatic rings. The Morgan fingerprint density at radius 1 is 1.16 bits per heavy atom. The highest BCUT2D eigenvalue weighted by Crippen LogP contribution is 2.43. The fraction of sp³-hybridized carbons (Fsp3) is 0.615. The second-order valence-corrected chi connectivity index (χ2v) is 12.9. The van der Waals surface area contributed by atoms with E-state index >= 15 is 0 Å². The van der Waals surface area contributed by atoms with Crippen molar-refractivity contribution in [2.45, 2.75) is 72.3 Å². The number of nitrogens with zero attached hydrogens (tertiary/aromatic N) is 2. The summed E-state index contributed by atoms with van der Waals surface area (Å²) in [6.45, 7) is 11.5. The van der Waals surface area contributed by atoms with Crippen LogP contribution in [0.3, 0.4) is 0 Å². The molecule has 3 heterocycles. The van der Waals surface area contributed by atoms with Crippen LogP contribution in [0.15, 0.2) is 0 Å². The molecule has 0 saturated heterocycles. The number of carbonyl (C=O) groups is 2. The van der Waals surface area contributed by atoms with Crippen molar-refractivity contribution in [3.63, 3.8) is 0 Å². The van der Waals surface area contributed by atoms with Crippen LogP contribution < -0.4 is 10.6 Å². The van der Waals surface area contributed by atoms with Crippen molar-refractivity contribution in [2.75, 3.05) is 39.0 Å². The highest BCUT2D eigenvalue weighted by molar-refractivity contribution is 7.17. The Labute approximate surface area is 230 Å². The summed E-state index contributed by atoms with van der Waals surface area (Å²) < 4.78 is 47.3. The molecule has 38 heavy (non-hydrogen) atoms. The number of aryl methyl sites for hydroxylation is 1. The van der Waals surface area contributed by atoms with Crippen molar-refractivity contribution in [3.8, 4) is 0 Å². The Balaban J connectivity index is 1.78. The third-order valence-corrected chi connectivity index (χ3v) is 8.84. The molecular formula is C26H37F3N4O3S2. The Morgan fingerprint density at radius 2 is 1.84 bits per heavy atom. The first-order valence-corrected chi connectivity index (χ1v) is 14.2. The summed E-state index contributed by atoms with van der Waals surface area (Å²) in [4.78, 5) is 30.9. The molecule has 2 aromatic rings. The highest BCUT2D eigenvalue weighted by Gasteiger charge is 2.39. The van der Waals surface area contributed by atoms with E-state index in [9.17, 15) is 22.8 Å². The lowest BCUT2D eigenvalue weighted by atomic mass is 10.0. The van der Waals surface area contributed by atoms with Gasteiger partial charge in [0.25, 0.3) is 0 Å². The van der Waals surface area contributed by atoms with E-state index in [0.717, 1.165) is 34.9 Å². The van der Waals surface area contributed by atoms with Crippen molar-refractivity contribution in [1.82, 2.24) is 15.1 Å². The van der Waals surface area contributed by atoms with E-state index in [0.29, 0.717) is 41.4 Å². The molecule has 0 spiro atoms. The number of esters is 1. The molecule has 0 aromatic carbocycles. The average molecular weight is 575 g/mol. The van der Waals surface area contributed by atoms with Crippen LogP contribution in [0.4, 0.5) is 23.0 Å². The van der Waals surface area contributed by atoms with Gasteiger partial charge in [-0.25, -0.2) is 9.59 Å². The fourth-order valence-corrected chi connectivity index (χ4v) is 6.75. The number of nitrogens with one attached hydrogen (secondary N) is 2. The number of anilines is 1. The lowest BCUT2D eigenvalue weighted by molar-refractivity contribution is -0.135. The molecule has 1 aliphatic heterocycles. The molecule has 2 amide bonds. The van der Waals surface area contributed by atoms with Crippen LogP contribution in [-0.2, 0) is 36.8 Å². The van der Waals surface area contributed by atoms with Crippen molar-refractivity contribution >= 4 is 39.7 Å². The maximum Gasteiger partial charge on any atom is 0.425 e. The lowest BCUT2D eigenvalue weighted by Crippen LogP contribution is -2.36. The van der Waals surface area contributed by atoms with Crippen molar-refractivity contribution in [2.24, 2.45) is 0 Å². The van der Waals surface area contributed by atoms with Crippen molar-refractivity contribution in [3.05, 3.63) is 36.9 Å². The topological polar surface area (TPSA) is 73.9 Å². The van der Waals surface area contributed by atoms with E-state index in [1.165, 1.54) is 11.3 Å². The van der Waals surface area contributed by atoms with Gasteiger partial charge in [0.05, 0.1) is 5.56 Å². The van der Waals surface area contributed by atoms with Gasteiger partial charge < -0.3 is 15.0 Å². The van der Waals surface area contributed by atoms with E-state index in [2.05, 4.69) is 15.5 Å². The minimum absolute atomic E-state index is 0.129. The monoisotopic (exact) mass is 574 g/mol. The lowest BCUT2D eigenvalue weighted by Gasteiger charge is -2.28. The summed E-state index contributed by atoms with van der Waals surface area (Å²) in [6.07, 6.45) is -3.34. The Morgan fingerprint density at radius 3 is 2.42 bits per heavy atom. The number of halogens is 3. The fourth-order valence-electron chi connectivity index (χ4n) is 4.35. The zero-order valence-corrected chi connectivity index (χ0v) is 24.7. The molecule has 2 N–H and O–H groups in total. The third-order valence-electron chi connectivity index (χ3n) is 6.19. The van der Waals surface area contributed by atoms with Gasteiger partial charge in [0.2, 0.25) is 0 Å². The maximum absolute atomic E-state index is 13.9. The third kappa shape index (κ3) is 7.49. The van der Waals surface area contributed by atoms with E-state index in [1.54, 1.807) is 27.7 Å². The number of urea groups is 1. The van der Waals surface area contributed by atoms with Crippen molar-refractivity contribution in [1.29, 1.82) is 0 Å². The summed E-state index contributed by atoms with van der Waals surface area (Å²) in [6, 6.07) is -0.671. The van der Waals surface area contributed by atoms with E-state index < -0.39 is 28.7 Å². The molecule has 3 rings (SSSR count). The maximum atomic E-state index is 13.9. The van der Waals surface area contributed by atoms with Crippen LogP contribution >= 0.6 is 22.7 Å². The summed E-state index contributed by atoms with van der Waals surface area (Å²) in [5.41, 5.74) is 1.10. The highest BCUT2D eigenvalue weighted by atomic mass is 32.1. The second-order valence-electron chi connectivity index (χ2n) is 10.7. The van der Waals surface area contributed by atoms with Crippen molar-refractivity contribution < 1.29 is 27.5 Å². The van der Waals surface area contributed by atoms with Gasteiger partial charge in [-0.15, -0.1) is 22.7 Å². The number of thiophene rings is 2. The molecule has 0 radical (unpaired) electrons. The van der Waals surface area contributed by atoms with Gasteiger partial charge in [-0.3, -0.25) is 10.2 Å². The predicted octanol–water partition coefficient (Wildman–Crippen LogP) is 5.90. The van der Waals surface area contributed by atoms with Crippen LogP contribution in [0.25, 0.3) is 0 Å². The van der Waals surface area contributed by atoms with Gasteiger partial charge in [0, 0.05) is 42.5 Å². The molecule has 0 unspecified atom stereocenters. The Hall–Kier alpha value is -2.15. The van der Waals surface area contributed by atoms with E-state index in [1.807, 2.05) is 25.9 Å². The molecule has 0 saturated carbocycles. The number of alkyl halides is 3. The summed E-state index contributed by atoms with van der Waals surface area (Å²) in [7, 11) is 3.93. The zero-order chi connectivity index (χ0) is 28.4. The molecule has 12 heteroatoms. The van der Waals surface area contributed by atoms with Gasteiger partial charge in [-0.2, -0.15) is 13.2 Å². The SMILES string of the molecule is CCc1sc(NC(=O)NCc2c(C(F)(F)F)sc3c2CCN(CCN(C)C)C3)c(C(=O)OC(C)(C)C)c1C. The largest absolute Gasteiger partial charge is 0.456 e. The molecule has 7 nitrogen and oxygen atoms in total. The molecule has 0 aliphatic carbocycles. The van der Waals surface area contributed by atoms with E-state index in [-0.39, 0.29) is 17.7 Å². The number of hydrogen-bond acceptors (Lipinski definition) is 7. The first-order valence-electron chi connectivity index (χ1n) is 12.6. The number of fused-ring (bicyclic) bond motifs is 1. The first-order chi connectivity index (χ1) is 17.6. The number of amides is 2. The number of ether oxygens (including phenoxy) is 1. The van der Waals surface area contributed by atoms with Crippen LogP contribution in [0.2, 0.25) is 0 Å². The van der Waals surface area contributed by atoms with Crippen LogP contribution in [0.1, 0.15) is 69.4 Å². The summed E-state index contributed by atoms with van der Waals surface area (Å²) >= 11 is 2.04. The quantitative estimate of drug-likeness (QED) is 0.385. The van der Waals surface area contributed by atoms with E-state index in [4.69, 9.17) is 4.74 Å². The Kier molecular flexibility index (Phi) is 9.54. The second kappa shape index (κ2) is 11.9. The van der Waals surface area contributed by atoms with Gasteiger partial charge in [0.15, 0.2) is 0 Å². The number of carbonyl (C=O) groups excluding carboxylic acids is 2. The summed E-state index contributed by atoms with van der Waals surface area (Å²) in [5, 5.41) is 5.61. The summed E-state index contributed by atoms with van der Waals surface area (Å²) in [5.74, 6) is -0.550. The smallest absolute Gasteiger partial charge is 0.425 e. The molecule has 0 bridgehead atoms. The van der Waals surface area contributed by atoms with Gasteiger partial charge in [0.1, 0.15) is 15.5 Å². The standard InChI is InChI=1S/C26H37F3N4O3S2/c1-8-18-15(2)20(23(34)36-25(3,4)5)22(38-18)31-24(35)30-13-17-16-9-10-33(12-11-32(6)7)14-19(16)37-21(17)26(27,28)29/h8-14H2,1-7H3,(H2,30,31,35). The van der Waals surface area contributed by atoms with Gasteiger partial charge in [-0.1, -0.05) is 6.92 Å². The molecule has 212 valence electrons. The number of hydrogen-bond donors (Lipinski definition) is 2. The average Bonchev–Trinajstić information content (AvgIpc) is 3.31. The Bertz CT molecular complexity index is 1170. The van der Waals surface area contributed by atoms with Crippen LogP contribution in [0, 0.1) is 6.92 Å². The molecule has 0 atom stereocenters. The zero-order valence-electron chi connectivity index (χ0n) is 23.0. The van der Waals surface area contributed by atoms with Gasteiger partial charge in [-0.05, 0) is 71.3 Å². The van der Waals surface area contributed by atoms with Gasteiger partial charge >= 0.3 is 18.2 Å². The molecule has 2 aromatic heterocycles. The molecular weight excluding hydrogens is 537 g/mol. The number of rotatable bonds is 8.